The molecular formula is C62H110O6. The molecule has 0 aromatic rings. The zero-order valence-electron chi connectivity index (χ0n) is 45.1. The molecule has 1 unspecified atom stereocenters. The molecule has 0 spiro atoms. The Morgan fingerprint density at radius 3 is 0.897 bits per heavy atom. The van der Waals surface area contributed by atoms with Gasteiger partial charge in [0.25, 0.3) is 0 Å². The van der Waals surface area contributed by atoms with Gasteiger partial charge in [-0.2, -0.15) is 0 Å². The van der Waals surface area contributed by atoms with E-state index >= 15 is 0 Å². The number of unbranched alkanes of at least 4 members (excludes halogenated alkanes) is 32. The van der Waals surface area contributed by atoms with Crippen LogP contribution in [0.3, 0.4) is 0 Å². The quantitative estimate of drug-likeness (QED) is 0.0262. The van der Waals surface area contributed by atoms with E-state index in [1.807, 2.05) is 0 Å². The third-order valence-electron chi connectivity index (χ3n) is 12.8. The third kappa shape index (κ3) is 54.1. The first-order valence-corrected chi connectivity index (χ1v) is 29.3. The fourth-order valence-corrected chi connectivity index (χ4v) is 8.41. The average molecular weight is 952 g/mol. The lowest BCUT2D eigenvalue weighted by molar-refractivity contribution is -0.167. The van der Waals surface area contributed by atoms with Crippen molar-refractivity contribution in [3.63, 3.8) is 0 Å². The molecule has 0 radical (unpaired) electrons. The summed E-state index contributed by atoms with van der Waals surface area (Å²) in [6, 6.07) is 0. The molecule has 6 nitrogen and oxygen atoms in total. The Morgan fingerprint density at radius 2 is 0.574 bits per heavy atom. The highest BCUT2D eigenvalue weighted by Crippen LogP contribution is 2.17. The normalized spacial score (nSPS) is 12.5. The summed E-state index contributed by atoms with van der Waals surface area (Å²) >= 11 is 0. The Morgan fingerprint density at radius 1 is 0.309 bits per heavy atom. The maximum atomic E-state index is 12.8. The number of hydrogen-bond donors (Lipinski definition) is 0. The van der Waals surface area contributed by atoms with Gasteiger partial charge in [-0.05, 0) is 64.2 Å². The van der Waals surface area contributed by atoms with Crippen molar-refractivity contribution in [1.29, 1.82) is 0 Å². The van der Waals surface area contributed by atoms with Crippen LogP contribution in [-0.4, -0.2) is 37.2 Å². The maximum absolute atomic E-state index is 12.8. The summed E-state index contributed by atoms with van der Waals surface area (Å²) in [6.45, 7) is 6.52. The summed E-state index contributed by atoms with van der Waals surface area (Å²) in [5, 5.41) is 0. The minimum Gasteiger partial charge on any atom is -0.462 e. The molecule has 0 fully saturated rings. The predicted octanol–water partition coefficient (Wildman–Crippen LogP) is 19.6. The first kappa shape index (κ1) is 65.1. The van der Waals surface area contributed by atoms with Crippen LogP contribution in [0.1, 0.15) is 297 Å². The number of ether oxygens (including phenoxy) is 3. The van der Waals surface area contributed by atoms with E-state index in [2.05, 4.69) is 81.5 Å². The Hall–Kier alpha value is -2.89. The molecule has 0 amide bonds. The van der Waals surface area contributed by atoms with Crippen LogP contribution in [0.4, 0.5) is 0 Å². The van der Waals surface area contributed by atoms with E-state index < -0.39 is 6.10 Å². The first-order valence-electron chi connectivity index (χ1n) is 29.3. The fourth-order valence-electron chi connectivity index (χ4n) is 8.41. The van der Waals surface area contributed by atoms with Gasteiger partial charge in [0.15, 0.2) is 6.10 Å². The van der Waals surface area contributed by atoms with Crippen LogP contribution in [-0.2, 0) is 28.6 Å². The molecule has 0 aliphatic rings. The van der Waals surface area contributed by atoms with Crippen molar-refractivity contribution in [2.24, 2.45) is 0 Å². The topological polar surface area (TPSA) is 78.9 Å². The van der Waals surface area contributed by atoms with Crippen molar-refractivity contribution in [3.8, 4) is 0 Å². The zero-order chi connectivity index (χ0) is 49.3. The van der Waals surface area contributed by atoms with Crippen LogP contribution in [0.5, 0.6) is 0 Å². The van der Waals surface area contributed by atoms with Crippen molar-refractivity contribution in [3.05, 3.63) is 60.8 Å². The van der Waals surface area contributed by atoms with E-state index in [1.54, 1.807) is 0 Å². The molecular weight excluding hydrogens is 841 g/mol. The summed E-state index contributed by atoms with van der Waals surface area (Å²) in [5.41, 5.74) is 0. The average Bonchev–Trinajstić information content (AvgIpc) is 3.34. The van der Waals surface area contributed by atoms with Crippen molar-refractivity contribution in [1.82, 2.24) is 0 Å². The Labute approximate surface area is 421 Å². The molecule has 0 heterocycles. The van der Waals surface area contributed by atoms with E-state index in [9.17, 15) is 14.4 Å². The lowest BCUT2D eigenvalue weighted by Gasteiger charge is -2.18. The number of hydrogen-bond acceptors (Lipinski definition) is 6. The molecule has 0 rings (SSSR count). The van der Waals surface area contributed by atoms with Gasteiger partial charge in [-0.25, -0.2) is 0 Å². The standard InChI is InChI=1S/C62H110O6/c1-4-7-10-13-16-19-22-24-26-28-30-31-33-34-36-38-40-43-46-49-52-55-61(64)67-58-59(57-66-60(63)54-51-48-45-42-21-18-15-12-9-6-3)68-62(65)56-53-50-47-44-41-39-37-35-32-29-27-25-23-20-17-14-11-8-5-2/h8,11,17,20,25,27,32,35,39,41,59H,4-7,9-10,12-16,18-19,21-24,26,28-31,33-34,36-38,40,42-58H2,1-3H3/b11-8-,20-17-,27-25-,35-32-,41-39-. The highest BCUT2D eigenvalue weighted by atomic mass is 16.6. The summed E-state index contributed by atoms with van der Waals surface area (Å²) < 4.78 is 16.8. The Bertz CT molecular complexity index is 1230. The lowest BCUT2D eigenvalue weighted by atomic mass is 10.0. The van der Waals surface area contributed by atoms with Crippen molar-refractivity contribution >= 4 is 17.9 Å². The monoisotopic (exact) mass is 951 g/mol. The van der Waals surface area contributed by atoms with Crippen LogP contribution in [0.15, 0.2) is 60.8 Å². The molecule has 68 heavy (non-hydrogen) atoms. The van der Waals surface area contributed by atoms with Crippen LogP contribution >= 0.6 is 0 Å². The van der Waals surface area contributed by atoms with E-state index in [4.69, 9.17) is 14.2 Å². The summed E-state index contributed by atoms with van der Waals surface area (Å²) in [4.78, 5) is 38.1. The molecule has 0 aliphatic carbocycles. The molecule has 1 atom stereocenters. The van der Waals surface area contributed by atoms with E-state index in [0.717, 1.165) is 96.3 Å². The van der Waals surface area contributed by atoms with Gasteiger partial charge in [0.05, 0.1) is 0 Å². The number of carbonyl (C=O) groups excluding carboxylic acids is 3. The highest BCUT2D eigenvalue weighted by Gasteiger charge is 2.19. The molecule has 0 bridgehead atoms. The fraction of sp³-hybridized carbons (Fsp3) is 0.790. The van der Waals surface area contributed by atoms with Crippen LogP contribution in [0.25, 0.3) is 0 Å². The van der Waals surface area contributed by atoms with Gasteiger partial charge in [-0.1, -0.05) is 274 Å². The molecule has 0 saturated carbocycles. The van der Waals surface area contributed by atoms with E-state index in [0.29, 0.717) is 19.3 Å². The summed E-state index contributed by atoms with van der Waals surface area (Å²) in [7, 11) is 0. The number of esters is 3. The molecule has 0 aromatic carbocycles. The van der Waals surface area contributed by atoms with Crippen molar-refractivity contribution in [2.75, 3.05) is 13.2 Å². The Kier molecular flexibility index (Phi) is 54.3. The van der Waals surface area contributed by atoms with Gasteiger partial charge in [0.2, 0.25) is 0 Å². The molecule has 0 saturated heterocycles. The second kappa shape index (κ2) is 56.7. The van der Waals surface area contributed by atoms with Crippen molar-refractivity contribution < 1.29 is 28.6 Å². The van der Waals surface area contributed by atoms with Gasteiger partial charge in [-0.15, -0.1) is 0 Å². The van der Waals surface area contributed by atoms with Crippen LogP contribution in [0.2, 0.25) is 0 Å². The lowest BCUT2D eigenvalue weighted by Crippen LogP contribution is -2.30. The van der Waals surface area contributed by atoms with Gasteiger partial charge in [-0.3, -0.25) is 14.4 Å². The molecule has 0 N–H and O–H groups in total. The van der Waals surface area contributed by atoms with Gasteiger partial charge in [0, 0.05) is 19.3 Å². The number of allylic oxidation sites excluding steroid dienone is 10. The third-order valence-corrected chi connectivity index (χ3v) is 12.8. The minimum absolute atomic E-state index is 0.0839. The maximum Gasteiger partial charge on any atom is 0.306 e. The smallest absolute Gasteiger partial charge is 0.306 e. The van der Waals surface area contributed by atoms with Crippen molar-refractivity contribution in [2.45, 2.75) is 303 Å². The van der Waals surface area contributed by atoms with E-state index in [1.165, 1.54) is 161 Å². The second-order valence-corrected chi connectivity index (χ2v) is 19.5. The number of carbonyl (C=O) groups is 3. The molecule has 0 aromatic heterocycles. The minimum atomic E-state index is -0.788. The molecule has 0 aliphatic heterocycles. The second-order valence-electron chi connectivity index (χ2n) is 19.5. The number of rotatable bonds is 53. The van der Waals surface area contributed by atoms with Crippen LogP contribution in [0, 0.1) is 0 Å². The highest BCUT2D eigenvalue weighted by molar-refractivity contribution is 5.71. The zero-order valence-corrected chi connectivity index (χ0v) is 45.1. The van der Waals surface area contributed by atoms with Gasteiger partial charge in [0.1, 0.15) is 13.2 Å². The summed E-state index contributed by atoms with van der Waals surface area (Å²) in [5.74, 6) is -0.904. The molecule has 6 heteroatoms. The summed E-state index contributed by atoms with van der Waals surface area (Å²) in [6.07, 6.45) is 70.8. The van der Waals surface area contributed by atoms with Crippen LogP contribution < -0.4 is 0 Å². The van der Waals surface area contributed by atoms with Gasteiger partial charge >= 0.3 is 17.9 Å². The molecule has 394 valence electrons. The largest absolute Gasteiger partial charge is 0.462 e. The first-order chi connectivity index (χ1) is 33.5. The predicted molar refractivity (Wildman–Crippen MR) is 293 cm³/mol. The van der Waals surface area contributed by atoms with Gasteiger partial charge < -0.3 is 14.2 Å². The van der Waals surface area contributed by atoms with E-state index in [-0.39, 0.29) is 31.1 Å². The SMILES string of the molecule is CC/C=C\C/C=C\C/C=C\C/C=C\C/C=C\CCCCCC(=O)OC(COC(=O)CCCCCCCCCCCC)COC(=O)CCCCCCCCCCCCCCCCCCCCCCC. The Balaban J connectivity index is 4.31.